The molecule has 21 rings (SSSR count). The lowest BCUT2D eigenvalue weighted by Crippen LogP contribution is -2.32. The summed E-state index contributed by atoms with van der Waals surface area (Å²) in [6, 6.07) is 113. The van der Waals surface area contributed by atoms with Gasteiger partial charge in [-0.3, -0.25) is 4.57 Å². The van der Waals surface area contributed by atoms with Crippen LogP contribution in [0, 0.1) is 5.82 Å². The van der Waals surface area contributed by atoms with Gasteiger partial charge in [0, 0.05) is 57.8 Å². The molecular weight excluding hydrogens is 1200 g/mol. The van der Waals surface area contributed by atoms with E-state index in [9.17, 15) is 4.39 Å². The van der Waals surface area contributed by atoms with Crippen molar-refractivity contribution in [3.63, 3.8) is 0 Å². The maximum atomic E-state index is 14.6. The van der Waals surface area contributed by atoms with Crippen molar-refractivity contribution < 1.29 is 4.39 Å². The normalized spacial score (nSPS) is 15.0. The first-order chi connectivity index (χ1) is 47.0. The lowest BCUT2D eigenvalue weighted by Gasteiger charge is -2.40. The summed E-state index contributed by atoms with van der Waals surface area (Å²) in [6.45, 7) is 0. The van der Waals surface area contributed by atoms with Crippen LogP contribution in [-0.2, 0) is 10.8 Å². The molecule has 0 amide bonds. The highest BCUT2D eigenvalue weighted by atomic mass is 32.2. The van der Waals surface area contributed by atoms with Crippen molar-refractivity contribution in [1.29, 1.82) is 0 Å². The van der Waals surface area contributed by atoms with Crippen LogP contribution in [0.1, 0.15) is 44.5 Å². The molecule has 0 saturated heterocycles. The average molecular weight is 1250 g/mol. The second kappa shape index (κ2) is 19.8. The van der Waals surface area contributed by atoms with Gasteiger partial charge in [-0.05, 0) is 162 Å². The lowest BCUT2D eigenvalue weighted by atomic mass is 9.67. The summed E-state index contributed by atoms with van der Waals surface area (Å²) in [5, 5.41) is 5.66. The number of benzene rings is 14. The summed E-state index contributed by atoms with van der Waals surface area (Å²) in [6.07, 6.45) is 0. The smallest absolute Gasteiger partial charge is 0.235 e. The van der Waals surface area contributed by atoms with Crippen molar-refractivity contribution in [2.24, 2.45) is 0 Å². The zero-order chi connectivity index (χ0) is 62.3. The Morgan fingerprint density at radius 2 is 0.789 bits per heavy atom. The van der Waals surface area contributed by atoms with Gasteiger partial charge in [0.2, 0.25) is 5.95 Å². The molecule has 0 N–H and O–H groups in total. The maximum absolute atomic E-state index is 14.6. The molecule has 2 aliphatic heterocycles. The molecule has 2 aliphatic carbocycles. The van der Waals surface area contributed by atoms with E-state index in [4.69, 9.17) is 9.97 Å². The standard InChI is InChI=1S/C88H51FN4S2/c89-56-42-44-57(45-43-56)92-74-34-15-8-25-63(74)81-76(92)49-46-72-84(81)94-79-36-17-13-31-69(79)88(72)67-29-11-6-23-61(67)80-58(26-18-32-70(80)88)55-41-48-75-64(51-55)82-77(93(75)86-90-73-33-14-7-24-62(73)83(91-86)54-39-37-53(38-40-54)52-19-2-1-3-20-52)50-47-71-85(82)95-78-35-16-12-30-68(78)87(71)65-27-9-4-21-59(65)60-22-5-10-28-66(60)87/h1-51H. The fourth-order valence-corrected chi connectivity index (χ4v) is 19.9. The fraction of sp³-hybridized carbons (Fsp3) is 0.0227. The van der Waals surface area contributed by atoms with Crippen LogP contribution < -0.4 is 0 Å². The number of halogens is 1. The van der Waals surface area contributed by atoms with Gasteiger partial charge in [-0.2, -0.15) is 0 Å². The van der Waals surface area contributed by atoms with E-state index in [0.29, 0.717) is 5.95 Å². The van der Waals surface area contributed by atoms with Gasteiger partial charge in [-0.15, -0.1) is 0 Å². The minimum absolute atomic E-state index is 0.253. The summed E-state index contributed by atoms with van der Waals surface area (Å²) in [5.74, 6) is 0.362. The van der Waals surface area contributed by atoms with Crippen LogP contribution in [0.5, 0.6) is 0 Å². The predicted molar refractivity (Wildman–Crippen MR) is 387 cm³/mol. The van der Waals surface area contributed by atoms with E-state index in [1.165, 1.54) is 108 Å². The van der Waals surface area contributed by atoms with Crippen molar-refractivity contribution in [3.05, 3.63) is 360 Å². The van der Waals surface area contributed by atoms with Gasteiger partial charge >= 0.3 is 0 Å². The monoisotopic (exact) mass is 1250 g/mol. The largest absolute Gasteiger partial charge is 0.309 e. The van der Waals surface area contributed by atoms with E-state index >= 15 is 0 Å². The first-order valence-corrected chi connectivity index (χ1v) is 34.0. The molecule has 4 nitrogen and oxygen atoms in total. The lowest BCUT2D eigenvalue weighted by molar-refractivity contribution is 0.627. The molecule has 17 aromatic rings. The summed E-state index contributed by atoms with van der Waals surface area (Å²) in [7, 11) is 0. The molecule has 95 heavy (non-hydrogen) atoms. The molecule has 1 unspecified atom stereocenters. The van der Waals surface area contributed by atoms with Crippen LogP contribution in [0.4, 0.5) is 4.39 Å². The molecule has 0 fully saturated rings. The second-order valence-electron chi connectivity index (χ2n) is 25.5. The Morgan fingerprint density at radius 3 is 1.48 bits per heavy atom. The zero-order valence-corrected chi connectivity index (χ0v) is 52.6. The minimum Gasteiger partial charge on any atom is -0.309 e. The van der Waals surface area contributed by atoms with Crippen LogP contribution in [0.3, 0.4) is 0 Å². The molecular formula is C88H51FN4S2. The molecule has 7 heteroatoms. The predicted octanol–water partition coefficient (Wildman–Crippen LogP) is 22.6. The number of hydrogen-bond acceptors (Lipinski definition) is 4. The van der Waals surface area contributed by atoms with Crippen LogP contribution in [-0.4, -0.2) is 19.1 Å². The van der Waals surface area contributed by atoms with E-state index < -0.39 is 10.8 Å². The fourth-order valence-electron chi connectivity index (χ4n) is 17.2. The highest BCUT2D eigenvalue weighted by Gasteiger charge is 2.53. The number of hydrogen-bond donors (Lipinski definition) is 0. The van der Waals surface area contributed by atoms with E-state index in [1.807, 2.05) is 35.7 Å². The first kappa shape index (κ1) is 53.2. The summed E-state index contributed by atoms with van der Waals surface area (Å²) < 4.78 is 19.3. The third-order valence-electron chi connectivity index (χ3n) is 21.0. The number of nitrogens with zero attached hydrogens (tertiary/aromatic N) is 4. The minimum atomic E-state index is -0.676. The Bertz CT molecular complexity index is 6140. The molecule has 0 radical (unpaired) electrons. The number of rotatable bonds is 5. The van der Waals surface area contributed by atoms with Crippen molar-refractivity contribution in [2.75, 3.05) is 0 Å². The molecule has 5 heterocycles. The van der Waals surface area contributed by atoms with Crippen molar-refractivity contribution in [2.45, 2.75) is 30.4 Å². The maximum Gasteiger partial charge on any atom is 0.235 e. The first-order valence-electron chi connectivity index (χ1n) is 32.4. The SMILES string of the molecule is Fc1ccc(-n2c3ccccc3c3c4c(ccc32)C2(c3ccccc3S4)c3ccccc3-c3c(-c4ccc5c(c4)c4c6c(ccc4n5-c4nc(-c5ccc(-c7ccccc7)cc5)c5ccccc5n4)C4(c5ccccc5S6)c5ccccc5-c5ccccc54)cccc32)cc1. The van der Waals surface area contributed by atoms with Gasteiger partial charge in [0.1, 0.15) is 5.82 Å². The van der Waals surface area contributed by atoms with Crippen LogP contribution in [0.25, 0.3) is 122 Å². The Labute approximate surface area is 555 Å². The molecule has 1 atom stereocenters. The quantitative estimate of drug-likeness (QED) is 0.172. The third-order valence-corrected chi connectivity index (χ3v) is 23.4. The van der Waals surface area contributed by atoms with Gasteiger partial charge in [0.25, 0.3) is 0 Å². The number of fused-ring (bicyclic) bond motifs is 27. The Kier molecular flexibility index (Phi) is 11.1. The topological polar surface area (TPSA) is 35.6 Å². The van der Waals surface area contributed by atoms with Gasteiger partial charge in [0.05, 0.1) is 44.1 Å². The molecule has 4 aliphatic rings. The van der Waals surface area contributed by atoms with Crippen LogP contribution >= 0.6 is 23.5 Å². The van der Waals surface area contributed by atoms with E-state index in [2.05, 4.69) is 294 Å². The second-order valence-corrected chi connectivity index (χ2v) is 27.6. The van der Waals surface area contributed by atoms with Crippen molar-refractivity contribution in [3.8, 4) is 67.4 Å². The summed E-state index contributed by atoms with van der Waals surface area (Å²) in [4.78, 5) is 16.2. The molecule has 0 saturated carbocycles. The Balaban J connectivity index is 0.835. The number of aromatic nitrogens is 4. The van der Waals surface area contributed by atoms with Crippen molar-refractivity contribution >= 4 is 78.0 Å². The highest BCUT2D eigenvalue weighted by Crippen LogP contribution is 2.67. The van der Waals surface area contributed by atoms with E-state index in [1.54, 1.807) is 12.1 Å². The van der Waals surface area contributed by atoms with Gasteiger partial charge in [0.15, 0.2) is 0 Å². The van der Waals surface area contributed by atoms with E-state index in [0.717, 1.165) is 71.8 Å². The summed E-state index contributed by atoms with van der Waals surface area (Å²) in [5.41, 5.74) is 26.5. The molecule has 2 spiro atoms. The molecule has 14 aromatic carbocycles. The Morgan fingerprint density at radius 1 is 0.305 bits per heavy atom. The van der Waals surface area contributed by atoms with Crippen LogP contribution in [0.15, 0.2) is 329 Å². The Hall–Kier alpha value is -11.4. The molecule has 442 valence electrons. The summed E-state index contributed by atoms with van der Waals surface area (Å²) >= 11 is 3.76. The van der Waals surface area contributed by atoms with Gasteiger partial charge in [-0.1, -0.05) is 260 Å². The van der Waals surface area contributed by atoms with Crippen LogP contribution in [0.2, 0.25) is 0 Å². The highest BCUT2D eigenvalue weighted by molar-refractivity contribution is 8.00. The third kappa shape index (κ3) is 7.13. The van der Waals surface area contributed by atoms with Crippen molar-refractivity contribution in [1.82, 2.24) is 19.1 Å². The zero-order valence-electron chi connectivity index (χ0n) is 50.9. The van der Waals surface area contributed by atoms with E-state index in [-0.39, 0.29) is 5.82 Å². The average Bonchev–Trinajstić information content (AvgIpc) is 1.56. The number of para-hydroxylation sites is 2. The molecule has 3 aromatic heterocycles. The van der Waals surface area contributed by atoms with Gasteiger partial charge < -0.3 is 4.57 Å². The molecule has 0 bridgehead atoms. The van der Waals surface area contributed by atoms with Gasteiger partial charge in [-0.25, -0.2) is 14.4 Å².